The van der Waals surface area contributed by atoms with Crippen LogP contribution >= 0.6 is 0 Å². The number of amides is 1. The number of carboxylic acid groups (broad SMARTS) is 1. The van der Waals surface area contributed by atoms with Gasteiger partial charge in [-0.25, -0.2) is 0 Å². The Labute approximate surface area is 130 Å². The summed E-state index contributed by atoms with van der Waals surface area (Å²) in [6, 6.07) is 7.83. The predicted octanol–water partition coefficient (Wildman–Crippen LogP) is 2.10. The van der Waals surface area contributed by atoms with E-state index in [0.717, 1.165) is 17.7 Å². The molecule has 22 heavy (non-hydrogen) atoms. The van der Waals surface area contributed by atoms with Crippen molar-refractivity contribution in [3.8, 4) is 5.75 Å². The Hall–Kier alpha value is -2.04. The van der Waals surface area contributed by atoms with Gasteiger partial charge < -0.3 is 15.2 Å². The molecule has 0 radical (unpaired) electrons. The van der Waals surface area contributed by atoms with Gasteiger partial charge in [-0.1, -0.05) is 26.0 Å². The number of ether oxygens (including phenoxy) is 1. The van der Waals surface area contributed by atoms with Crippen molar-refractivity contribution in [1.29, 1.82) is 0 Å². The number of carbonyl (C=O) groups excluding carboxylic acids is 1. The molecule has 1 aromatic carbocycles. The van der Waals surface area contributed by atoms with Crippen LogP contribution in [0.2, 0.25) is 0 Å². The van der Waals surface area contributed by atoms with Gasteiger partial charge in [-0.3, -0.25) is 9.59 Å². The molecule has 0 aromatic heterocycles. The molecule has 2 N–H and O–H groups in total. The van der Waals surface area contributed by atoms with E-state index < -0.39 is 11.9 Å². The zero-order valence-electron chi connectivity index (χ0n) is 13.0. The Morgan fingerprint density at radius 1 is 1.27 bits per heavy atom. The third kappa shape index (κ3) is 4.76. The number of carbonyl (C=O) groups is 2. The second-order valence-electron chi connectivity index (χ2n) is 6.18. The summed E-state index contributed by atoms with van der Waals surface area (Å²) >= 11 is 0. The third-order valence-corrected chi connectivity index (χ3v) is 3.66. The van der Waals surface area contributed by atoms with E-state index in [-0.39, 0.29) is 11.8 Å². The summed E-state index contributed by atoms with van der Waals surface area (Å²) in [5.41, 5.74) is 1.11. The van der Waals surface area contributed by atoms with Crippen molar-refractivity contribution in [2.24, 2.45) is 17.8 Å². The van der Waals surface area contributed by atoms with Crippen molar-refractivity contribution >= 4 is 11.9 Å². The summed E-state index contributed by atoms with van der Waals surface area (Å²) in [5.74, 6) is -0.515. The second kappa shape index (κ2) is 7.29. The molecule has 0 saturated heterocycles. The van der Waals surface area contributed by atoms with Crippen LogP contribution in [0.4, 0.5) is 0 Å². The number of carboxylic acids is 1. The van der Waals surface area contributed by atoms with Gasteiger partial charge in [-0.05, 0) is 36.5 Å². The molecule has 0 heterocycles. The monoisotopic (exact) mass is 305 g/mol. The van der Waals surface area contributed by atoms with Gasteiger partial charge in [0.2, 0.25) is 5.91 Å². The Morgan fingerprint density at radius 3 is 2.50 bits per heavy atom. The number of hydrogen-bond acceptors (Lipinski definition) is 3. The van der Waals surface area contributed by atoms with Crippen LogP contribution in [-0.2, 0) is 16.0 Å². The minimum atomic E-state index is -0.878. The molecule has 0 aliphatic heterocycles. The molecule has 5 nitrogen and oxygen atoms in total. The minimum Gasteiger partial charge on any atom is -0.493 e. The van der Waals surface area contributed by atoms with Gasteiger partial charge in [0, 0.05) is 6.54 Å². The first-order valence-electron chi connectivity index (χ1n) is 7.69. The smallest absolute Gasteiger partial charge is 0.307 e. The van der Waals surface area contributed by atoms with Crippen LogP contribution in [0.25, 0.3) is 0 Å². The van der Waals surface area contributed by atoms with Crippen molar-refractivity contribution in [2.75, 3.05) is 13.2 Å². The van der Waals surface area contributed by atoms with E-state index >= 15 is 0 Å². The van der Waals surface area contributed by atoms with Crippen molar-refractivity contribution in [2.45, 2.75) is 26.7 Å². The maximum Gasteiger partial charge on any atom is 0.307 e. The molecule has 1 aliphatic carbocycles. The van der Waals surface area contributed by atoms with Gasteiger partial charge in [-0.2, -0.15) is 0 Å². The highest BCUT2D eigenvalue weighted by molar-refractivity contribution is 5.89. The molecule has 0 bridgehead atoms. The predicted molar refractivity (Wildman–Crippen MR) is 82.7 cm³/mol. The standard InChI is InChI=1S/C17H23NO4/c1-11(2)10-22-13-5-3-12(4-6-13)7-8-18-16(19)14-9-15(14)17(20)21/h3-6,11,14-15H,7-10H2,1-2H3,(H,18,19)(H,20,21). The lowest BCUT2D eigenvalue weighted by Crippen LogP contribution is -2.28. The first kappa shape index (κ1) is 16.3. The van der Waals surface area contributed by atoms with Crippen molar-refractivity contribution in [3.05, 3.63) is 29.8 Å². The lowest BCUT2D eigenvalue weighted by Gasteiger charge is -2.09. The summed E-state index contributed by atoms with van der Waals surface area (Å²) in [6.07, 6.45) is 1.18. The van der Waals surface area contributed by atoms with Gasteiger partial charge in [0.25, 0.3) is 0 Å². The van der Waals surface area contributed by atoms with Crippen LogP contribution in [0, 0.1) is 17.8 Å². The summed E-state index contributed by atoms with van der Waals surface area (Å²) in [7, 11) is 0. The molecule has 2 unspecified atom stereocenters. The molecule has 120 valence electrons. The van der Waals surface area contributed by atoms with E-state index in [0.29, 0.717) is 25.5 Å². The maximum absolute atomic E-state index is 11.7. The first-order valence-corrected chi connectivity index (χ1v) is 7.69. The Kier molecular flexibility index (Phi) is 5.41. The summed E-state index contributed by atoms with van der Waals surface area (Å²) in [4.78, 5) is 22.4. The fourth-order valence-electron chi connectivity index (χ4n) is 2.23. The lowest BCUT2D eigenvalue weighted by molar-refractivity contribution is -0.140. The number of aliphatic carboxylic acids is 1. The van der Waals surface area contributed by atoms with Crippen molar-refractivity contribution < 1.29 is 19.4 Å². The summed E-state index contributed by atoms with van der Waals surface area (Å²) < 4.78 is 5.61. The number of hydrogen-bond donors (Lipinski definition) is 2. The molecule has 1 amide bonds. The minimum absolute atomic E-state index is 0.149. The average molecular weight is 305 g/mol. The van der Waals surface area contributed by atoms with E-state index in [1.54, 1.807) is 0 Å². The number of rotatable bonds is 8. The molecule has 0 spiro atoms. The topological polar surface area (TPSA) is 75.6 Å². The summed E-state index contributed by atoms with van der Waals surface area (Å²) in [6.45, 7) is 5.42. The summed E-state index contributed by atoms with van der Waals surface area (Å²) in [5, 5.41) is 11.6. The molecule has 2 atom stereocenters. The zero-order chi connectivity index (χ0) is 16.1. The normalized spacial score (nSPS) is 19.8. The molecule has 1 fully saturated rings. The van der Waals surface area contributed by atoms with Crippen molar-refractivity contribution in [3.63, 3.8) is 0 Å². The lowest BCUT2D eigenvalue weighted by atomic mass is 10.1. The first-order chi connectivity index (χ1) is 10.5. The Balaban J connectivity index is 1.69. The fourth-order valence-corrected chi connectivity index (χ4v) is 2.23. The third-order valence-electron chi connectivity index (χ3n) is 3.66. The van der Waals surface area contributed by atoms with Gasteiger partial charge in [-0.15, -0.1) is 0 Å². The van der Waals surface area contributed by atoms with Crippen LogP contribution in [0.5, 0.6) is 5.75 Å². The van der Waals surface area contributed by atoms with E-state index in [4.69, 9.17) is 9.84 Å². The van der Waals surface area contributed by atoms with Crippen LogP contribution in [0.1, 0.15) is 25.8 Å². The van der Waals surface area contributed by atoms with Gasteiger partial charge >= 0.3 is 5.97 Å². The van der Waals surface area contributed by atoms with Gasteiger partial charge in [0.15, 0.2) is 0 Å². The van der Waals surface area contributed by atoms with E-state index in [2.05, 4.69) is 19.2 Å². The maximum atomic E-state index is 11.7. The van der Waals surface area contributed by atoms with Gasteiger partial charge in [0.05, 0.1) is 18.4 Å². The second-order valence-corrected chi connectivity index (χ2v) is 6.18. The van der Waals surface area contributed by atoms with Crippen LogP contribution in [0.15, 0.2) is 24.3 Å². The molecule has 1 saturated carbocycles. The van der Waals surface area contributed by atoms with E-state index in [1.807, 2.05) is 24.3 Å². The SMILES string of the molecule is CC(C)COc1ccc(CCNC(=O)C2CC2C(=O)O)cc1. The van der Waals surface area contributed by atoms with Crippen LogP contribution in [-0.4, -0.2) is 30.1 Å². The quantitative estimate of drug-likeness (QED) is 0.771. The highest BCUT2D eigenvalue weighted by Gasteiger charge is 2.48. The Morgan fingerprint density at radius 2 is 1.95 bits per heavy atom. The highest BCUT2D eigenvalue weighted by atomic mass is 16.5. The fraction of sp³-hybridized carbons (Fsp3) is 0.529. The number of benzene rings is 1. The molecule has 5 heteroatoms. The van der Waals surface area contributed by atoms with E-state index in [9.17, 15) is 9.59 Å². The number of nitrogens with one attached hydrogen (secondary N) is 1. The zero-order valence-corrected chi connectivity index (χ0v) is 13.0. The van der Waals surface area contributed by atoms with Crippen LogP contribution in [0.3, 0.4) is 0 Å². The molecule has 2 rings (SSSR count). The highest BCUT2D eigenvalue weighted by Crippen LogP contribution is 2.38. The molecule has 1 aliphatic rings. The largest absolute Gasteiger partial charge is 0.493 e. The molecular formula is C17H23NO4. The van der Waals surface area contributed by atoms with Crippen molar-refractivity contribution in [1.82, 2.24) is 5.32 Å². The Bertz CT molecular complexity index is 524. The van der Waals surface area contributed by atoms with Gasteiger partial charge in [0.1, 0.15) is 5.75 Å². The van der Waals surface area contributed by atoms with E-state index in [1.165, 1.54) is 0 Å². The average Bonchev–Trinajstić information content (AvgIpc) is 3.27. The van der Waals surface area contributed by atoms with Crippen LogP contribution < -0.4 is 10.1 Å². The molecular weight excluding hydrogens is 282 g/mol. The molecule has 1 aromatic rings.